The Balaban J connectivity index is 2.51. The molecule has 2 aliphatic rings. The number of hydrogen-bond acceptors (Lipinski definition) is 0. The first-order chi connectivity index (χ1) is 9.06. The van der Waals surface area contributed by atoms with Crippen LogP contribution in [0.1, 0.15) is 0 Å². The monoisotopic (exact) mass is 416 g/mol. The van der Waals surface area contributed by atoms with Crippen LogP contribution in [-0.4, -0.2) is 39.8 Å². The summed E-state index contributed by atoms with van der Waals surface area (Å²) < 4.78 is 132. The SMILES string of the molecule is FC1(F)C(Br)C(C2C(Cl)C(F)(F)C(F)(F)C2(F)F)C1(F)F. The van der Waals surface area contributed by atoms with E-state index in [1.807, 2.05) is 15.9 Å². The first-order valence-electron chi connectivity index (χ1n) is 5.23. The quantitative estimate of drug-likeness (QED) is 0.425. The Hall–Kier alpha value is 0.0700. The van der Waals surface area contributed by atoms with Gasteiger partial charge in [0.1, 0.15) is 5.38 Å². The summed E-state index contributed by atoms with van der Waals surface area (Å²) in [6.45, 7) is 0. The van der Waals surface area contributed by atoms with Crippen molar-refractivity contribution in [2.24, 2.45) is 11.8 Å². The van der Waals surface area contributed by atoms with Gasteiger partial charge in [-0.1, -0.05) is 15.9 Å². The largest absolute Gasteiger partial charge is 0.373 e. The van der Waals surface area contributed by atoms with Crippen molar-refractivity contribution in [1.29, 1.82) is 0 Å². The van der Waals surface area contributed by atoms with Crippen molar-refractivity contribution in [1.82, 2.24) is 0 Å². The highest BCUT2D eigenvalue weighted by Gasteiger charge is 2.91. The molecule has 0 amide bonds. The summed E-state index contributed by atoms with van der Waals surface area (Å²) in [5.41, 5.74) is 0. The van der Waals surface area contributed by atoms with Gasteiger partial charge in [0.25, 0.3) is 0 Å². The topological polar surface area (TPSA) is 0 Å². The zero-order chi connectivity index (χ0) is 16.8. The lowest BCUT2D eigenvalue weighted by Crippen LogP contribution is -2.72. The minimum Gasteiger partial charge on any atom is -0.199 e. The Labute approximate surface area is 123 Å². The molecule has 0 saturated heterocycles. The molecule has 2 rings (SSSR count). The van der Waals surface area contributed by atoms with E-state index in [4.69, 9.17) is 11.6 Å². The molecule has 4 unspecified atom stereocenters. The fourth-order valence-corrected chi connectivity index (χ4v) is 3.97. The van der Waals surface area contributed by atoms with Gasteiger partial charge in [0.05, 0.1) is 16.7 Å². The van der Waals surface area contributed by atoms with E-state index < -0.39 is 51.7 Å². The van der Waals surface area contributed by atoms with Crippen molar-refractivity contribution in [3.63, 3.8) is 0 Å². The van der Waals surface area contributed by atoms with Crippen LogP contribution in [0.5, 0.6) is 0 Å². The molecule has 0 aromatic carbocycles. The first-order valence-corrected chi connectivity index (χ1v) is 6.58. The third-order valence-electron chi connectivity index (χ3n) is 3.83. The molecular formula is C9H4BrClF10. The van der Waals surface area contributed by atoms with Gasteiger partial charge in [-0.05, 0) is 0 Å². The molecule has 0 aliphatic heterocycles. The van der Waals surface area contributed by atoms with E-state index in [0.717, 1.165) is 0 Å². The van der Waals surface area contributed by atoms with Crippen LogP contribution in [0.25, 0.3) is 0 Å². The highest BCUT2D eigenvalue weighted by atomic mass is 79.9. The summed E-state index contributed by atoms with van der Waals surface area (Å²) in [6, 6.07) is 0. The number of halogens is 12. The first kappa shape index (κ1) is 17.4. The molecule has 2 aliphatic carbocycles. The van der Waals surface area contributed by atoms with Crippen LogP contribution >= 0.6 is 27.5 Å². The van der Waals surface area contributed by atoms with Gasteiger partial charge in [-0.15, -0.1) is 11.6 Å². The van der Waals surface area contributed by atoms with Crippen molar-refractivity contribution < 1.29 is 43.9 Å². The molecule has 21 heavy (non-hydrogen) atoms. The van der Waals surface area contributed by atoms with Gasteiger partial charge >= 0.3 is 29.6 Å². The fourth-order valence-electron chi connectivity index (χ4n) is 2.55. The van der Waals surface area contributed by atoms with Crippen LogP contribution in [0.3, 0.4) is 0 Å². The second-order valence-corrected chi connectivity index (χ2v) is 6.38. The lowest BCUT2D eigenvalue weighted by atomic mass is 9.67. The van der Waals surface area contributed by atoms with E-state index in [9.17, 15) is 43.9 Å². The van der Waals surface area contributed by atoms with Crippen LogP contribution in [0.4, 0.5) is 43.9 Å². The number of alkyl halides is 12. The van der Waals surface area contributed by atoms with Gasteiger partial charge in [-0.25, -0.2) is 0 Å². The lowest BCUT2D eigenvalue weighted by molar-refractivity contribution is -0.338. The summed E-state index contributed by atoms with van der Waals surface area (Å²) in [5.74, 6) is -33.9. The highest BCUT2D eigenvalue weighted by molar-refractivity contribution is 9.09. The normalized spacial score (nSPS) is 45.1. The smallest absolute Gasteiger partial charge is 0.199 e. The van der Waals surface area contributed by atoms with Gasteiger partial charge in [0.15, 0.2) is 0 Å². The van der Waals surface area contributed by atoms with Gasteiger partial charge in [-0.2, -0.15) is 43.9 Å². The Bertz CT molecular complexity index is 463. The standard InChI is InChI=1S/C9H4BrClF10/c10-3-1(5(12,13)7(3,16)17)2-4(11)8(18,19)9(20,21)6(2,14)15/h1-4H. The van der Waals surface area contributed by atoms with E-state index in [0.29, 0.717) is 0 Å². The van der Waals surface area contributed by atoms with E-state index in [1.165, 1.54) is 0 Å². The van der Waals surface area contributed by atoms with Crippen LogP contribution in [0.15, 0.2) is 0 Å². The van der Waals surface area contributed by atoms with E-state index >= 15 is 0 Å². The molecule has 0 aromatic heterocycles. The fraction of sp³-hybridized carbons (Fsp3) is 1.00. The Kier molecular flexibility index (Phi) is 3.42. The molecule has 0 heterocycles. The van der Waals surface area contributed by atoms with E-state index in [1.54, 1.807) is 0 Å². The van der Waals surface area contributed by atoms with Crippen molar-refractivity contribution in [3.05, 3.63) is 0 Å². The average molecular weight is 417 g/mol. The summed E-state index contributed by atoms with van der Waals surface area (Å²) in [6.07, 6.45) is 0. The molecule has 0 aromatic rings. The summed E-state index contributed by atoms with van der Waals surface area (Å²) in [5, 5.41) is -3.42. The zero-order valence-electron chi connectivity index (χ0n) is 9.34. The maximum atomic E-state index is 13.5. The summed E-state index contributed by atoms with van der Waals surface area (Å²) in [4.78, 5) is -2.68. The van der Waals surface area contributed by atoms with Gasteiger partial charge in [0, 0.05) is 0 Å². The molecule has 2 saturated carbocycles. The number of hydrogen-bond donors (Lipinski definition) is 0. The van der Waals surface area contributed by atoms with Crippen molar-refractivity contribution in [2.75, 3.05) is 0 Å². The average Bonchev–Trinajstić information content (AvgIpc) is 2.39. The Morgan fingerprint density at radius 3 is 1.33 bits per heavy atom. The molecule has 12 heteroatoms. The molecular weight excluding hydrogens is 413 g/mol. The predicted octanol–water partition coefficient (Wildman–Crippen LogP) is 4.79. The van der Waals surface area contributed by atoms with Gasteiger partial charge < -0.3 is 0 Å². The van der Waals surface area contributed by atoms with Gasteiger partial charge in [-0.3, -0.25) is 0 Å². The summed E-state index contributed by atoms with van der Waals surface area (Å²) in [7, 11) is 0. The molecule has 0 nitrogen and oxygen atoms in total. The minimum atomic E-state index is -6.02. The lowest BCUT2D eigenvalue weighted by Gasteiger charge is -2.51. The van der Waals surface area contributed by atoms with Crippen LogP contribution in [-0.2, 0) is 0 Å². The molecule has 124 valence electrons. The molecule has 0 N–H and O–H groups in total. The van der Waals surface area contributed by atoms with Crippen LogP contribution < -0.4 is 0 Å². The molecule has 2 fully saturated rings. The van der Waals surface area contributed by atoms with Crippen molar-refractivity contribution in [2.45, 2.75) is 39.8 Å². The summed E-state index contributed by atoms with van der Waals surface area (Å²) >= 11 is 6.80. The molecule has 0 radical (unpaired) electrons. The van der Waals surface area contributed by atoms with Gasteiger partial charge in [0.2, 0.25) is 0 Å². The Morgan fingerprint density at radius 1 is 0.619 bits per heavy atom. The molecule has 4 atom stereocenters. The molecule has 0 spiro atoms. The van der Waals surface area contributed by atoms with Crippen molar-refractivity contribution >= 4 is 27.5 Å². The maximum absolute atomic E-state index is 13.5. The second-order valence-electron chi connectivity index (χ2n) is 4.92. The maximum Gasteiger partial charge on any atom is 0.373 e. The third-order valence-corrected chi connectivity index (χ3v) is 5.52. The minimum absolute atomic E-state index is 1.98. The molecule has 0 bridgehead atoms. The van der Waals surface area contributed by atoms with Crippen LogP contribution in [0, 0.1) is 11.8 Å². The van der Waals surface area contributed by atoms with E-state index in [2.05, 4.69) is 0 Å². The highest BCUT2D eigenvalue weighted by Crippen LogP contribution is 2.70. The zero-order valence-corrected chi connectivity index (χ0v) is 11.7. The van der Waals surface area contributed by atoms with Crippen molar-refractivity contribution in [3.8, 4) is 0 Å². The van der Waals surface area contributed by atoms with E-state index in [-0.39, 0.29) is 0 Å². The number of rotatable bonds is 1. The van der Waals surface area contributed by atoms with Crippen LogP contribution in [0.2, 0.25) is 0 Å². The predicted molar refractivity (Wildman–Crippen MR) is 54.1 cm³/mol. The third kappa shape index (κ3) is 1.65. The Morgan fingerprint density at radius 2 is 1.05 bits per heavy atom. The second kappa shape index (κ2) is 4.12.